The molecule has 0 bridgehead atoms. The molecule has 2 aromatic heterocycles. The summed E-state index contributed by atoms with van der Waals surface area (Å²) in [5, 5.41) is 1.31. The van der Waals surface area contributed by atoms with E-state index < -0.39 is 0 Å². The maximum atomic E-state index is 5.64. The molecule has 1 aromatic carbocycles. The van der Waals surface area contributed by atoms with Gasteiger partial charge in [-0.2, -0.15) is 0 Å². The zero-order valence-corrected chi connectivity index (χ0v) is 11.1. The van der Waals surface area contributed by atoms with E-state index in [1.54, 1.807) is 0 Å². The molecular weight excluding hydrogens is 236 g/mol. The number of H-pyrrole nitrogens is 1. The number of nitrogens with zero attached hydrogens (tertiary/aromatic N) is 2. The Morgan fingerprint density at radius 1 is 1.26 bits per heavy atom. The van der Waals surface area contributed by atoms with E-state index in [2.05, 4.69) is 45.0 Å². The van der Waals surface area contributed by atoms with Crippen molar-refractivity contribution in [1.82, 2.24) is 14.5 Å². The predicted molar refractivity (Wildman–Crippen MR) is 76.8 cm³/mol. The number of para-hydroxylation sites is 1. The average molecular weight is 254 g/mol. The van der Waals surface area contributed by atoms with Gasteiger partial charge in [0, 0.05) is 36.0 Å². The van der Waals surface area contributed by atoms with Gasteiger partial charge >= 0.3 is 0 Å². The standard InChI is InChI=1S/C15H18N4/c1-19-12(10-18-15(19)8-16)7-6-11-9-17-14-5-3-2-4-13(11)14/h2-5,9-10,17H,6-8,16H2,1H3. The molecule has 0 aliphatic rings. The first-order chi connectivity index (χ1) is 9.29. The zero-order chi connectivity index (χ0) is 13.2. The maximum absolute atomic E-state index is 5.64. The molecule has 98 valence electrons. The number of hydrogen-bond acceptors (Lipinski definition) is 2. The maximum Gasteiger partial charge on any atom is 0.122 e. The lowest BCUT2D eigenvalue weighted by Crippen LogP contribution is -2.07. The Balaban J connectivity index is 1.80. The number of fused-ring (bicyclic) bond motifs is 1. The van der Waals surface area contributed by atoms with Gasteiger partial charge in [-0.3, -0.25) is 0 Å². The minimum Gasteiger partial charge on any atom is -0.361 e. The van der Waals surface area contributed by atoms with Crippen molar-refractivity contribution >= 4 is 10.9 Å². The molecule has 0 radical (unpaired) electrons. The third-order valence-electron chi connectivity index (χ3n) is 3.69. The highest BCUT2D eigenvalue weighted by Gasteiger charge is 2.07. The average Bonchev–Trinajstić information content (AvgIpc) is 3.00. The van der Waals surface area contributed by atoms with Crippen LogP contribution in [0.2, 0.25) is 0 Å². The van der Waals surface area contributed by atoms with Crippen LogP contribution in [0.25, 0.3) is 10.9 Å². The minimum absolute atomic E-state index is 0.490. The summed E-state index contributed by atoms with van der Waals surface area (Å²) in [7, 11) is 2.03. The van der Waals surface area contributed by atoms with E-state index in [1.165, 1.54) is 22.2 Å². The SMILES string of the molecule is Cn1c(CCc2c[nH]c3ccccc23)cnc1CN. The molecule has 0 spiro atoms. The van der Waals surface area contributed by atoms with E-state index in [4.69, 9.17) is 5.73 Å². The molecular formula is C15H18N4. The molecule has 3 aromatic rings. The smallest absolute Gasteiger partial charge is 0.122 e. The van der Waals surface area contributed by atoms with E-state index in [0.29, 0.717) is 6.54 Å². The van der Waals surface area contributed by atoms with Gasteiger partial charge in [0.15, 0.2) is 0 Å². The molecule has 0 amide bonds. The highest BCUT2D eigenvalue weighted by molar-refractivity contribution is 5.83. The van der Waals surface area contributed by atoms with Crippen LogP contribution in [0.15, 0.2) is 36.7 Å². The second-order valence-electron chi connectivity index (χ2n) is 4.79. The summed E-state index contributed by atoms with van der Waals surface area (Å²) in [6, 6.07) is 8.40. The highest BCUT2D eigenvalue weighted by atomic mass is 15.1. The van der Waals surface area contributed by atoms with Gasteiger partial charge in [0.2, 0.25) is 0 Å². The Labute approximate surface area is 112 Å². The Morgan fingerprint density at radius 2 is 2.11 bits per heavy atom. The molecule has 4 heteroatoms. The van der Waals surface area contributed by atoms with E-state index in [-0.39, 0.29) is 0 Å². The third kappa shape index (κ3) is 2.15. The summed E-state index contributed by atoms with van der Waals surface area (Å²) in [4.78, 5) is 7.64. The van der Waals surface area contributed by atoms with Crippen LogP contribution < -0.4 is 5.73 Å². The third-order valence-corrected chi connectivity index (χ3v) is 3.69. The van der Waals surface area contributed by atoms with E-state index in [9.17, 15) is 0 Å². The van der Waals surface area contributed by atoms with Gasteiger partial charge in [0.05, 0.1) is 6.54 Å². The molecule has 0 aliphatic heterocycles. The van der Waals surface area contributed by atoms with Crippen LogP contribution in [0.4, 0.5) is 0 Å². The number of hydrogen-bond donors (Lipinski definition) is 2. The molecule has 0 atom stereocenters. The van der Waals surface area contributed by atoms with Crippen LogP contribution >= 0.6 is 0 Å². The summed E-state index contributed by atoms with van der Waals surface area (Å²) < 4.78 is 2.09. The summed E-state index contributed by atoms with van der Waals surface area (Å²) in [6.07, 6.45) is 6.01. The molecule has 3 rings (SSSR count). The van der Waals surface area contributed by atoms with Crippen LogP contribution in [-0.2, 0) is 26.4 Å². The fourth-order valence-electron chi connectivity index (χ4n) is 2.51. The van der Waals surface area contributed by atoms with Crippen molar-refractivity contribution in [1.29, 1.82) is 0 Å². The van der Waals surface area contributed by atoms with Crippen LogP contribution in [0, 0.1) is 0 Å². The summed E-state index contributed by atoms with van der Waals surface area (Å²) >= 11 is 0. The van der Waals surface area contributed by atoms with Crippen molar-refractivity contribution in [3.63, 3.8) is 0 Å². The van der Waals surface area contributed by atoms with Gasteiger partial charge < -0.3 is 15.3 Å². The summed E-state index contributed by atoms with van der Waals surface area (Å²) in [6.45, 7) is 0.490. The molecule has 2 heterocycles. The minimum atomic E-state index is 0.490. The summed E-state index contributed by atoms with van der Waals surface area (Å²) in [5.41, 5.74) is 9.42. The number of aryl methyl sites for hydroxylation is 2. The number of imidazole rings is 1. The van der Waals surface area contributed by atoms with Crippen molar-refractivity contribution in [3.05, 3.63) is 53.7 Å². The van der Waals surface area contributed by atoms with Crippen LogP contribution in [0.5, 0.6) is 0 Å². The van der Waals surface area contributed by atoms with Crippen molar-refractivity contribution in [2.24, 2.45) is 12.8 Å². The largest absolute Gasteiger partial charge is 0.361 e. The predicted octanol–water partition coefficient (Wildman–Crippen LogP) is 2.15. The Kier molecular flexibility index (Phi) is 3.09. The van der Waals surface area contributed by atoms with Gasteiger partial charge in [-0.05, 0) is 24.5 Å². The molecule has 3 N–H and O–H groups in total. The number of nitrogens with two attached hydrogens (primary N) is 1. The number of nitrogens with one attached hydrogen (secondary N) is 1. The van der Waals surface area contributed by atoms with Gasteiger partial charge in [0.1, 0.15) is 5.82 Å². The molecule has 0 saturated carbocycles. The number of aromatic nitrogens is 3. The van der Waals surface area contributed by atoms with Crippen molar-refractivity contribution in [3.8, 4) is 0 Å². The highest BCUT2D eigenvalue weighted by Crippen LogP contribution is 2.19. The van der Waals surface area contributed by atoms with Crippen molar-refractivity contribution in [2.75, 3.05) is 0 Å². The number of aromatic amines is 1. The first-order valence-corrected chi connectivity index (χ1v) is 6.54. The van der Waals surface area contributed by atoms with Crippen LogP contribution in [0.3, 0.4) is 0 Å². The second kappa shape index (κ2) is 4.90. The Morgan fingerprint density at radius 3 is 2.89 bits per heavy atom. The topological polar surface area (TPSA) is 59.6 Å². The molecule has 0 saturated heterocycles. The Hall–Kier alpha value is -2.07. The molecule has 0 aliphatic carbocycles. The van der Waals surface area contributed by atoms with Gasteiger partial charge in [-0.1, -0.05) is 18.2 Å². The van der Waals surface area contributed by atoms with Gasteiger partial charge in [-0.15, -0.1) is 0 Å². The van der Waals surface area contributed by atoms with E-state index in [0.717, 1.165) is 18.7 Å². The normalized spacial score (nSPS) is 11.3. The quantitative estimate of drug-likeness (QED) is 0.749. The second-order valence-corrected chi connectivity index (χ2v) is 4.79. The molecule has 0 unspecified atom stereocenters. The molecule has 4 nitrogen and oxygen atoms in total. The Bertz CT molecular complexity index is 693. The lowest BCUT2D eigenvalue weighted by atomic mass is 10.1. The summed E-state index contributed by atoms with van der Waals surface area (Å²) in [5.74, 6) is 0.939. The van der Waals surface area contributed by atoms with E-state index in [1.807, 2.05) is 13.2 Å². The van der Waals surface area contributed by atoms with Crippen molar-refractivity contribution < 1.29 is 0 Å². The monoisotopic (exact) mass is 254 g/mol. The lowest BCUT2D eigenvalue weighted by Gasteiger charge is -2.04. The van der Waals surface area contributed by atoms with Crippen LogP contribution in [0.1, 0.15) is 17.1 Å². The first-order valence-electron chi connectivity index (χ1n) is 6.54. The fourth-order valence-corrected chi connectivity index (χ4v) is 2.51. The van der Waals surface area contributed by atoms with Gasteiger partial charge in [0.25, 0.3) is 0 Å². The molecule has 19 heavy (non-hydrogen) atoms. The van der Waals surface area contributed by atoms with Gasteiger partial charge in [-0.25, -0.2) is 4.98 Å². The lowest BCUT2D eigenvalue weighted by molar-refractivity contribution is 0.740. The number of benzene rings is 1. The molecule has 0 fully saturated rings. The zero-order valence-electron chi connectivity index (χ0n) is 11.1. The fraction of sp³-hybridized carbons (Fsp3) is 0.267. The van der Waals surface area contributed by atoms with Crippen molar-refractivity contribution in [2.45, 2.75) is 19.4 Å². The first kappa shape index (κ1) is 12.0. The van der Waals surface area contributed by atoms with Crippen LogP contribution in [-0.4, -0.2) is 14.5 Å². The number of rotatable bonds is 4. The van der Waals surface area contributed by atoms with E-state index >= 15 is 0 Å².